The molecule has 1 N–H and O–H groups in total. The predicted molar refractivity (Wildman–Crippen MR) is 58.4 cm³/mol. The van der Waals surface area contributed by atoms with Crippen molar-refractivity contribution in [3.8, 4) is 0 Å². The highest BCUT2D eigenvalue weighted by Gasteiger charge is 2.44. The third-order valence-electron chi connectivity index (χ3n) is 4.05. The van der Waals surface area contributed by atoms with E-state index in [1.807, 2.05) is 0 Å². The van der Waals surface area contributed by atoms with Crippen molar-refractivity contribution in [2.75, 3.05) is 13.1 Å². The lowest BCUT2D eigenvalue weighted by molar-refractivity contribution is 0.190. The average Bonchev–Trinajstić information content (AvgIpc) is 2.52. The van der Waals surface area contributed by atoms with Crippen LogP contribution in [0.25, 0.3) is 0 Å². The van der Waals surface area contributed by atoms with E-state index >= 15 is 0 Å². The van der Waals surface area contributed by atoms with E-state index in [1.165, 1.54) is 25.1 Å². The summed E-state index contributed by atoms with van der Waals surface area (Å²) in [6, 6.07) is 8.87. The number of hydrogen-bond acceptors (Lipinski definition) is 1. The second-order valence-corrected chi connectivity index (χ2v) is 4.78. The first-order valence-corrected chi connectivity index (χ1v) is 5.62. The van der Waals surface area contributed by atoms with Crippen LogP contribution in [-0.2, 0) is 0 Å². The number of aryl methyl sites for hydroxylation is 1. The van der Waals surface area contributed by atoms with Crippen LogP contribution in [0.1, 0.15) is 23.5 Å². The molecule has 3 atom stereocenters. The molecular weight excluding hydrogens is 170 g/mol. The Kier molecular flexibility index (Phi) is 1.88. The van der Waals surface area contributed by atoms with Crippen LogP contribution in [0.15, 0.2) is 24.3 Å². The van der Waals surface area contributed by atoms with Gasteiger partial charge in [-0.15, -0.1) is 0 Å². The van der Waals surface area contributed by atoms with Gasteiger partial charge in [-0.3, -0.25) is 0 Å². The molecule has 1 aromatic rings. The van der Waals surface area contributed by atoms with Gasteiger partial charge < -0.3 is 5.32 Å². The maximum Gasteiger partial charge on any atom is -0.00114 e. The molecule has 0 amide bonds. The SMILES string of the molecule is Cc1ccccc1C1CC2CNCC21. The molecule has 1 saturated heterocycles. The standard InChI is InChI=1S/C13H17N/c1-9-4-2-3-5-11(9)12-6-10-7-14-8-13(10)12/h2-5,10,12-14H,6-8H2,1H3. The minimum atomic E-state index is 0.844. The normalized spacial score (nSPS) is 35.1. The molecule has 2 aliphatic rings. The van der Waals surface area contributed by atoms with Gasteiger partial charge in [-0.1, -0.05) is 24.3 Å². The zero-order valence-corrected chi connectivity index (χ0v) is 8.66. The van der Waals surface area contributed by atoms with Crippen molar-refractivity contribution in [1.82, 2.24) is 5.32 Å². The summed E-state index contributed by atoms with van der Waals surface area (Å²) in [7, 11) is 0. The number of nitrogens with one attached hydrogen (secondary N) is 1. The van der Waals surface area contributed by atoms with Crippen LogP contribution in [0.4, 0.5) is 0 Å². The molecule has 74 valence electrons. The van der Waals surface area contributed by atoms with Gasteiger partial charge in [0.1, 0.15) is 0 Å². The molecule has 3 unspecified atom stereocenters. The van der Waals surface area contributed by atoms with Gasteiger partial charge in [0.15, 0.2) is 0 Å². The van der Waals surface area contributed by atoms with Crippen molar-refractivity contribution in [2.24, 2.45) is 11.8 Å². The molecular formula is C13H17N. The summed E-state index contributed by atoms with van der Waals surface area (Å²) in [4.78, 5) is 0. The summed E-state index contributed by atoms with van der Waals surface area (Å²) in [5.41, 5.74) is 3.07. The molecule has 0 spiro atoms. The van der Waals surface area contributed by atoms with Crippen molar-refractivity contribution >= 4 is 0 Å². The average molecular weight is 187 g/mol. The summed E-state index contributed by atoms with van der Waals surface area (Å²) < 4.78 is 0. The maximum absolute atomic E-state index is 3.50. The molecule has 0 bridgehead atoms. The van der Waals surface area contributed by atoms with Gasteiger partial charge in [-0.05, 0) is 55.3 Å². The van der Waals surface area contributed by atoms with Crippen LogP contribution < -0.4 is 5.32 Å². The zero-order chi connectivity index (χ0) is 9.54. The van der Waals surface area contributed by atoms with Crippen LogP contribution in [0.3, 0.4) is 0 Å². The second kappa shape index (κ2) is 3.09. The van der Waals surface area contributed by atoms with Crippen LogP contribution in [-0.4, -0.2) is 13.1 Å². The van der Waals surface area contributed by atoms with E-state index in [0.717, 1.165) is 17.8 Å². The molecule has 1 heteroatoms. The van der Waals surface area contributed by atoms with Crippen molar-refractivity contribution in [3.63, 3.8) is 0 Å². The lowest BCUT2D eigenvalue weighted by atomic mass is 9.63. The molecule has 1 saturated carbocycles. The van der Waals surface area contributed by atoms with Crippen molar-refractivity contribution < 1.29 is 0 Å². The second-order valence-electron chi connectivity index (χ2n) is 4.78. The van der Waals surface area contributed by atoms with Gasteiger partial charge >= 0.3 is 0 Å². The minimum Gasteiger partial charge on any atom is -0.316 e. The Labute approximate surface area is 85.5 Å². The Morgan fingerprint density at radius 1 is 1.21 bits per heavy atom. The third-order valence-corrected chi connectivity index (χ3v) is 4.05. The highest BCUT2D eigenvalue weighted by Crippen LogP contribution is 2.49. The highest BCUT2D eigenvalue weighted by atomic mass is 14.9. The zero-order valence-electron chi connectivity index (χ0n) is 8.66. The van der Waals surface area contributed by atoms with Gasteiger partial charge in [0.05, 0.1) is 0 Å². The molecule has 2 fully saturated rings. The van der Waals surface area contributed by atoms with E-state index in [-0.39, 0.29) is 0 Å². The molecule has 1 heterocycles. The number of hydrogen-bond donors (Lipinski definition) is 1. The largest absolute Gasteiger partial charge is 0.316 e. The summed E-state index contributed by atoms with van der Waals surface area (Å²) in [6.07, 6.45) is 1.41. The Bertz CT molecular complexity index is 345. The molecule has 0 aromatic heterocycles. The van der Waals surface area contributed by atoms with Crippen molar-refractivity contribution in [3.05, 3.63) is 35.4 Å². The fourth-order valence-corrected chi connectivity index (χ4v) is 3.15. The first-order chi connectivity index (χ1) is 6.86. The Morgan fingerprint density at radius 3 is 2.86 bits per heavy atom. The quantitative estimate of drug-likeness (QED) is 0.711. The lowest BCUT2D eigenvalue weighted by Crippen LogP contribution is -2.33. The van der Waals surface area contributed by atoms with E-state index in [4.69, 9.17) is 0 Å². The predicted octanol–water partition coefficient (Wildman–Crippen LogP) is 2.32. The van der Waals surface area contributed by atoms with E-state index < -0.39 is 0 Å². The van der Waals surface area contributed by atoms with E-state index in [1.54, 1.807) is 5.56 Å². The molecule has 1 nitrogen and oxygen atoms in total. The summed E-state index contributed by atoms with van der Waals surface area (Å²) >= 11 is 0. The number of rotatable bonds is 1. The smallest absolute Gasteiger partial charge is 0.00114 e. The van der Waals surface area contributed by atoms with Crippen LogP contribution in [0.5, 0.6) is 0 Å². The topological polar surface area (TPSA) is 12.0 Å². The first kappa shape index (κ1) is 8.49. The highest BCUT2D eigenvalue weighted by molar-refractivity contribution is 5.32. The Balaban J connectivity index is 1.87. The van der Waals surface area contributed by atoms with Crippen molar-refractivity contribution in [2.45, 2.75) is 19.3 Å². The minimum absolute atomic E-state index is 0.844. The number of benzene rings is 1. The van der Waals surface area contributed by atoms with E-state index in [0.29, 0.717) is 0 Å². The summed E-state index contributed by atoms with van der Waals surface area (Å²) in [5, 5.41) is 3.50. The van der Waals surface area contributed by atoms with Crippen LogP contribution in [0.2, 0.25) is 0 Å². The van der Waals surface area contributed by atoms with Gasteiger partial charge in [0.2, 0.25) is 0 Å². The molecule has 1 aliphatic carbocycles. The fourth-order valence-electron chi connectivity index (χ4n) is 3.15. The van der Waals surface area contributed by atoms with Gasteiger partial charge in [0.25, 0.3) is 0 Å². The fraction of sp³-hybridized carbons (Fsp3) is 0.538. The monoisotopic (exact) mass is 187 g/mol. The molecule has 1 aliphatic heterocycles. The van der Waals surface area contributed by atoms with Gasteiger partial charge in [-0.2, -0.15) is 0 Å². The van der Waals surface area contributed by atoms with Crippen LogP contribution >= 0.6 is 0 Å². The van der Waals surface area contributed by atoms with Crippen LogP contribution in [0, 0.1) is 18.8 Å². The summed E-state index contributed by atoms with van der Waals surface area (Å²) in [5.74, 6) is 2.74. The van der Waals surface area contributed by atoms with Gasteiger partial charge in [-0.25, -0.2) is 0 Å². The Hall–Kier alpha value is -0.820. The molecule has 0 radical (unpaired) electrons. The third kappa shape index (κ3) is 1.12. The van der Waals surface area contributed by atoms with E-state index in [9.17, 15) is 0 Å². The van der Waals surface area contributed by atoms with Gasteiger partial charge in [0, 0.05) is 0 Å². The Morgan fingerprint density at radius 2 is 2.07 bits per heavy atom. The van der Waals surface area contributed by atoms with Crippen molar-refractivity contribution in [1.29, 1.82) is 0 Å². The molecule has 14 heavy (non-hydrogen) atoms. The molecule has 3 rings (SSSR count). The summed E-state index contributed by atoms with van der Waals surface area (Å²) in [6.45, 7) is 4.74. The number of fused-ring (bicyclic) bond motifs is 1. The lowest BCUT2D eigenvalue weighted by Gasteiger charge is -2.40. The molecule has 1 aromatic carbocycles. The maximum atomic E-state index is 3.50. The first-order valence-electron chi connectivity index (χ1n) is 5.62. The van der Waals surface area contributed by atoms with E-state index in [2.05, 4.69) is 36.5 Å².